The Bertz CT molecular complexity index is 600. The number of thioether (sulfide) groups is 1. The second-order valence-corrected chi connectivity index (χ2v) is 6.52. The number of carbonyl (C=O) groups is 1. The van der Waals surface area contributed by atoms with E-state index in [0.717, 1.165) is 10.7 Å². The number of nitrogens with one attached hydrogen (secondary N) is 1. The Kier molecular flexibility index (Phi) is 6.67. The lowest BCUT2D eigenvalue weighted by atomic mass is 10.2. The number of halogens is 1. The van der Waals surface area contributed by atoms with Crippen LogP contribution in [0.3, 0.4) is 0 Å². The number of nitrogens with zero attached hydrogens (tertiary/aromatic N) is 1. The molecule has 1 N–H and O–H groups in total. The molecule has 1 unspecified atom stereocenters. The molecule has 0 spiro atoms. The minimum Gasteiger partial charge on any atom is -0.468 e. The topological polar surface area (TPSA) is 45.5 Å². The van der Waals surface area contributed by atoms with Crippen LogP contribution in [0.1, 0.15) is 18.2 Å². The summed E-state index contributed by atoms with van der Waals surface area (Å²) < 4.78 is 18.2. The second kappa shape index (κ2) is 8.74. The maximum absolute atomic E-state index is 12.8. The van der Waals surface area contributed by atoms with Gasteiger partial charge in [0, 0.05) is 23.6 Å². The summed E-state index contributed by atoms with van der Waals surface area (Å²) in [6, 6.07) is 10.0. The Morgan fingerprint density at radius 2 is 2.04 bits per heavy atom. The molecule has 1 atom stereocenters. The van der Waals surface area contributed by atoms with Crippen LogP contribution in [0.5, 0.6) is 0 Å². The predicted octanol–water partition coefficient (Wildman–Crippen LogP) is 3.32. The average Bonchev–Trinajstić information content (AvgIpc) is 3.03. The lowest BCUT2D eigenvalue weighted by Gasteiger charge is -2.22. The SMILES string of the molecule is CN(C)C(CNC(=O)CCSc1ccc(F)cc1)c1ccco1. The van der Waals surface area contributed by atoms with Gasteiger partial charge in [0.2, 0.25) is 5.91 Å². The lowest BCUT2D eigenvalue weighted by Crippen LogP contribution is -2.34. The van der Waals surface area contributed by atoms with Gasteiger partial charge in [-0.2, -0.15) is 0 Å². The molecule has 23 heavy (non-hydrogen) atoms. The van der Waals surface area contributed by atoms with Gasteiger partial charge < -0.3 is 9.73 Å². The van der Waals surface area contributed by atoms with Crippen LogP contribution in [0.4, 0.5) is 4.39 Å². The Balaban J connectivity index is 1.73. The van der Waals surface area contributed by atoms with E-state index >= 15 is 0 Å². The van der Waals surface area contributed by atoms with E-state index in [1.807, 2.05) is 31.1 Å². The van der Waals surface area contributed by atoms with Crippen molar-refractivity contribution in [3.63, 3.8) is 0 Å². The highest BCUT2D eigenvalue weighted by atomic mass is 32.2. The number of benzene rings is 1. The van der Waals surface area contributed by atoms with Crippen molar-refractivity contribution in [3.05, 3.63) is 54.2 Å². The first kappa shape index (κ1) is 17.6. The second-order valence-electron chi connectivity index (χ2n) is 5.35. The van der Waals surface area contributed by atoms with Crippen molar-refractivity contribution in [1.82, 2.24) is 10.2 Å². The van der Waals surface area contributed by atoms with Crippen LogP contribution in [-0.4, -0.2) is 37.2 Å². The van der Waals surface area contributed by atoms with Gasteiger partial charge in [-0.15, -0.1) is 11.8 Å². The Labute approximate surface area is 140 Å². The van der Waals surface area contributed by atoms with Crippen LogP contribution in [0.25, 0.3) is 0 Å². The molecule has 6 heteroatoms. The molecule has 1 heterocycles. The molecule has 124 valence electrons. The highest BCUT2D eigenvalue weighted by Crippen LogP contribution is 2.19. The monoisotopic (exact) mass is 336 g/mol. The normalized spacial score (nSPS) is 12.3. The van der Waals surface area contributed by atoms with Crippen molar-refractivity contribution in [3.8, 4) is 0 Å². The van der Waals surface area contributed by atoms with Crippen molar-refractivity contribution in [2.24, 2.45) is 0 Å². The highest BCUT2D eigenvalue weighted by Gasteiger charge is 2.17. The van der Waals surface area contributed by atoms with Crippen LogP contribution in [-0.2, 0) is 4.79 Å². The maximum atomic E-state index is 12.8. The third kappa shape index (κ3) is 5.73. The molecule has 0 aliphatic heterocycles. The first-order valence-corrected chi connectivity index (χ1v) is 8.39. The Hall–Kier alpha value is -1.79. The molecule has 2 rings (SSSR count). The smallest absolute Gasteiger partial charge is 0.220 e. The van der Waals surface area contributed by atoms with Gasteiger partial charge in [0.25, 0.3) is 0 Å². The van der Waals surface area contributed by atoms with Gasteiger partial charge in [-0.05, 0) is 50.5 Å². The van der Waals surface area contributed by atoms with Gasteiger partial charge in [0.05, 0.1) is 12.3 Å². The Morgan fingerprint density at radius 1 is 1.30 bits per heavy atom. The zero-order chi connectivity index (χ0) is 16.7. The van der Waals surface area contributed by atoms with Gasteiger partial charge in [-0.1, -0.05) is 0 Å². The molecule has 0 saturated carbocycles. The van der Waals surface area contributed by atoms with Crippen LogP contribution in [0.15, 0.2) is 52.0 Å². The van der Waals surface area contributed by atoms with E-state index in [1.54, 1.807) is 18.4 Å². The lowest BCUT2D eigenvalue weighted by molar-refractivity contribution is -0.120. The van der Waals surface area contributed by atoms with E-state index in [4.69, 9.17) is 4.42 Å². The molecule has 0 aliphatic carbocycles. The fourth-order valence-corrected chi connectivity index (χ4v) is 2.96. The molecule has 1 amide bonds. The summed E-state index contributed by atoms with van der Waals surface area (Å²) in [6.45, 7) is 0.501. The predicted molar refractivity (Wildman–Crippen MR) is 89.9 cm³/mol. The van der Waals surface area contributed by atoms with Gasteiger partial charge in [-0.25, -0.2) is 4.39 Å². The molecule has 1 aromatic heterocycles. The number of rotatable bonds is 8. The number of carbonyl (C=O) groups excluding carboxylic acids is 1. The van der Waals surface area contributed by atoms with Crippen LogP contribution < -0.4 is 5.32 Å². The van der Waals surface area contributed by atoms with E-state index < -0.39 is 0 Å². The van der Waals surface area contributed by atoms with Crippen molar-refractivity contribution >= 4 is 17.7 Å². The first-order valence-electron chi connectivity index (χ1n) is 7.41. The molecule has 0 fully saturated rings. The molecule has 0 radical (unpaired) electrons. The van der Waals surface area contributed by atoms with Gasteiger partial charge >= 0.3 is 0 Å². The van der Waals surface area contributed by atoms with Gasteiger partial charge in [0.1, 0.15) is 11.6 Å². The summed E-state index contributed by atoms with van der Waals surface area (Å²) in [5.74, 6) is 1.24. The number of hydrogen-bond acceptors (Lipinski definition) is 4. The first-order chi connectivity index (χ1) is 11.1. The summed E-state index contributed by atoms with van der Waals surface area (Å²) in [5, 5.41) is 2.93. The molecule has 4 nitrogen and oxygen atoms in total. The van der Waals surface area contributed by atoms with E-state index in [0.29, 0.717) is 18.7 Å². The molecule has 0 bridgehead atoms. The zero-order valence-electron chi connectivity index (χ0n) is 13.3. The van der Waals surface area contributed by atoms with Crippen molar-refractivity contribution in [1.29, 1.82) is 0 Å². The number of amides is 1. The summed E-state index contributed by atoms with van der Waals surface area (Å²) in [6.07, 6.45) is 2.05. The molecule has 2 aromatic rings. The largest absolute Gasteiger partial charge is 0.468 e. The summed E-state index contributed by atoms with van der Waals surface area (Å²) in [7, 11) is 3.90. The fraction of sp³-hybridized carbons (Fsp3) is 0.353. The molecular weight excluding hydrogens is 315 g/mol. The summed E-state index contributed by atoms with van der Waals surface area (Å²) >= 11 is 1.54. The zero-order valence-corrected chi connectivity index (χ0v) is 14.1. The molecule has 1 aromatic carbocycles. The number of hydrogen-bond donors (Lipinski definition) is 1. The van der Waals surface area contributed by atoms with Crippen molar-refractivity contribution in [2.45, 2.75) is 17.4 Å². The fourth-order valence-electron chi connectivity index (χ4n) is 2.11. The Morgan fingerprint density at radius 3 is 2.65 bits per heavy atom. The highest BCUT2D eigenvalue weighted by molar-refractivity contribution is 7.99. The van der Waals surface area contributed by atoms with E-state index in [1.165, 1.54) is 23.9 Å². The third-order valence-corrected chi connectivity index (χ3v) is 4.41. The van der Waals surface area contributed by atoms with Crippen LogP contribution >= 0.6 is 11.8 Å². The van der Waals surface area contributed by atoms with Gasteiger partial charge in [-0.3, -0.25) is 9.69 Å². The van der Waals surface area contributed by atoms with Crippen LogP contribution in [0, 0.1) is 5.82 Å². The quantitative estimate of drug-likeness (QED) is 0.751. The minimum atomic E-state index is -0.250. The standard InChI is InChI=1S/C17H21FN2O2S/c1-20(2)15(16-4-3-10-22-16)12-19-17(21)9-11-23-14-7-5-13(18)6-8-14/h3-8,10,15H,9,11-12H2,1-2H3,(H,19,21). The molecule has 0 saturated heterocycles. The van der Waals surface area contributed by atoms with Crippen molar-refractivity contribution < 1.29 is 13.6 Å². The average molecular weight is 336 g/mol. The van der Waals surface area contributed by atoms with E-state index in [9.17, 15) is 9.18 Å². The minimum absolute atomic E-state index is 0.00184. The number of furan rings is 1. The third-order valence-electron chi connectivity index (χ3n) is 3.40. The molecular formula is C17H21FN2O2S. The van der Waals surface area contributed by atoms with E-state index in [2.05, 4.69) is 5.32 Å². The van der Waals surface area contributed by atoms with E-state index in [-0.39, 0.29) is 17.8 Å². The molecule has 0 aliphatic rings. The maximum Gasteiger partial charge on any atom is 0.220 e. The van der Waals surface area contributed by atoms with Crippen LogP contribution in [0.2, 0.25) is 0 Å². The number of likely N-dealkylation sites (N-methyl/N-ethyl adjacent to an activating group) is 1. The van der Waals surface area contributed by atoms with Gasteiger partial charge in [0.15, 0.2) is 0 Å². The summed E-state index contributed by atoms with van der Waals surface area (Å²) in [5.41, 5.74) is 0. The van der Waals surface area contributed by atoms with Crippen molar-refractivity contribution in [2.75, 3.05) is 26.4 Å². The summed E-state index contributed by atoms with van der Waals surface area (Å²) in [4.78, 5) is 14.9.